The lowest BCUT2D eigenvalue weighted by atomic mass is 10.0. The van der Waals surface area contributed by atoms with E-state index in [0.717, 1.165) is 18.5 Å². The van der Waals surface area contributed by atoms with Crippen LogP contribution in [0.15, 0.2) is 34.9 Å². The van der Waals surface area contributed by atoms with Crippen molar-refractivity contribution >= 4 is 23.2 Å². The molecule has 0 radical (unpaired) electrons. The Hall–Kier alpha value is -1.03. The zero-order valence-corrected chi connectivity index (χ0v) is 11.9. The number of furan rings is 1. The highest BCUT2D eigenvalue weighted by atomic mass is 35.5. The van der Waals surface area contributed by atoms with Gasteiger partial charge in [-0.3, -0.25) is 0 Å². The fraction of sp³-hybridized carbons (Fsp3) is 0.286. The van der Waals surface area contributed by atoms with Gasteiger partial charge >= 0.3 is 0 Å². The Morgan fingerprint density at radius 3 is 2.63 bits per heavy atom. The van der Waals surface area contributed by atoms with E-state index in [1.807, 2.05) is 6.92 Å². The van der Waals surface area contributed by atoms with Crippen LogP contribution in [0.1, 0.15) is 30.5 Å². The minimum Gasteiger partial charge on any atom is -0.453 e. The molecule has 2 rings (SSSR count). The highest BCUT2D eigenvalue weighted by Gasteiger charge is 2.21. The Kier molecular flexibility index (Phi) is 4.86. The van der Waals surface area contributed by atoms with E-state index in [0.29, 0.717) is 10.6 Å². The SMILES string of the molecule is CCCNC(c1ccc(Cl)cc1F)c1ccoc1Cl. The summed E-state index contributed by atoms with van der Waals surface area (Å²) in [4.78, 5) is 0. The molecule has 1 unspecified atom stereocenters. The molecule has 2 aromatic rings. The second-order valence-corrected chi connectivity index (χ2v) is 4.98. The molecule has 0 amide bonds. The maximum absolute atomic E-state index is 14.1. The van der Waals surface area contributed by atoms with E-state index in [-0.39, 0.29) is 17.1 Å². The van der Waals surface area contributed by atoms with Gasteiger partial charge in [0.1, 0.15) is 5.82 Å². The van der Waals surface area contributed by atoms with Crippen LogP contribution in [0.2, 0.25) is 10.2 Å². The third-order valence-electron chi connectivity index (χ3n) is 2.83. The van der Waals surface area contributed by atoms with Crippen LogP contribution in [0.25, 0.3) is 0 Å². The summed E-state index contributed by atoms with van der Waals surface area (Å²) in [5, 5.41) is 3.90. The molecule has 0 saturated carbocycles. The Morgan fingerprint density at radius 2 is 2.05 bits per heavy atom. The molecular formula is C14H14Cl2FNO. The molecule has 0 aliphatic carbocycles. The van der Waals surface area contributed by atoms with Crippen LogP contribution in [-0.2, 0) is 0 Å². The molecule has 102 valence electrons. The van der Waals surface area contributed by atoms with Crippen molar-refractivity contribution in [1.29, 1.82) is 0 Å². The normalized spacial score (nSPS) is 12.6. The van der Waals surface area contributed by atoms with E-state index in [9.17, 15) is 4.39 Å². The van der Waals surface area contributed by atoms with Gasteiger partial charge in [-0.25, -0.2) is 4.39 Å². The Labute approximate surface area is 121 Å². The Bertz CT molecular complexity index is 556. The van der Waals surface area contributed by atoms with E-state index >= 15 is 0 Å². The fourth-order valence-corrected chi connectivity index (χ4v) is 2.30. The largest absolute Gasteiger partial charge is 0.453 e. The summed E-state index contributed by atoms with van der Waals surface area (Å²) in [6.45, 7) is 2.79. The van der Waals surface area contributed by atoms with E-state index in [4.69, 9.17) is 27.6 Å². The monoisotopic (exact) mass is 301 g/mol. The predicted octanol–water partition coefficient (Wildman–Crippen LogP) is 4.81. The maximum Gasteiger partial charge on any atom is 0.198 e. The first-order valence-electron chi connectivity index (χ1n) is 6.04. The predicted molar refractivity (Wildman–Crippen MR) is 75.3 cm³/mol. The molecule has 1 aromatic carbocycles. The quantitative estimate of drug-likeness (QED) is 0.857. The van der Waals surface area contributed by atoms with Gasteiger partial charge in [0.2, 0.25) is 0 Å². The van der Waals surface area contributed by atoms with Gasteiger partial charge in [0, 0.05) is 16.1 Å². The van der Waals surface area contributed by atoms with Crippen molar-refractivity contribution in [3.05, 3.63) is 57.7 Å². The third-order valence-corrected chi connectivity index (χ3v) is 3.37. The molecule has 2 nitrogen and oxygen atoms in total. The van der Waals surface area contributed by atoms with E-state index in [1.54, 1.807) is 18.2 Å². The highest BCUT2D eigenvalue weighted by Crippen LogP contribution is 2.31. The number of rotatable bonds is 5. The standard InChI is InChI=1S/C14H14Cl2FNO/c1-2-6-18-13(11-5-7-19-14(11)16)10-4-3-9(15)8-12(10)17/h3-5,7-8,13,18H,2,6H2,1H3. The van der Waals surface area contributed by atoms with Crippen molar-refractivity contribution in [3.8, 4) is 0 Å². The summed E-state index contributed by atoms with van der Waals surface area (Å²) in [7, 11) is 0. The summed E-state index contributed by atoms with van der Waals surface area (Å²) < 4.78 is 19.1. The Balaban J connectivity index is 2.40. The minimum absolute atomic E-state index is 0.267. The zero-order valence-electron chi connectivity index (χ0n) is 10.4. The minimum atomic E-state index is -0.363. The molecule has 0 bridgehead atoms. The highest BCUT2D eigenvalue weighted by molar-refractivity contribution is 6.30. The van der Waals surface area contributed by atoms with Crippen molar-refractivity contribution in [2.45, 2.75) is 19.4 Å². The van der Waals surface area contributed by atoms with Crippen molar-refractivity contribution in [2.24, 2.45) is 0 Å². The number of hydrogen-bond acceptors (Lipinski definition) is 2. The molecule has 5 heteroatoms. The van der Waals surface area contributed by atoms with Gasteiger partial charge in [0.25, 0.3) is 0 Å². The molecule has 1 atom stereocenters. The summed E-state index contributed by atoms with van der Waals surface area (Å²) in [5.74, 6) is -0.363. The summed E-state index contributed by atoms with van der Waals surface area (Å²) in [5.41, 5.74) is 1.22. The number of nitrogens with one attached hydrogen (secondary N) is 1. The number of benzene rings is 1. The summed E-state index contributed by atoms with van der Waals surface area (Å²) in [6.07, 6.45) is 2.42. The molecular weight excluding hydrogens is 288 g/mol. The van der Waals surface area contributed by atoms with Crippen LogP contribution in [0.4, 0.5) is 4.39 Å². The third kappa shape index (κ3) is 3.30. The van der Waals surface area contributed by atoms with E-state index in [1.165, 1.54) is 12.3 Å². The van der Waals surface area contributed by atoms with Crippen molar-refractivity contribution < 1.29 is 8.81 Å². The van der Waals surface area contributed by atoms with E-state index in [2.05, 4.69) is 5.32 Å². The van der Waals surface area contributed by atoms with Crippen molar-refractivity contribution in [2.75, 3.05) is 6.54 Å². The topological polar surface area (TPSA) is 25.2 Å². The number of hydrogen-bond donors (Lipinski definition) is 1. The van der Waals surface area contributed by atoms with Gasteiger partial charge in [0.15, 0.2) is 5.22 Å². The van der Waals surface area contributed by atoms with E-state index < -0.39 is 0 Å². The van der Waals surface area contributed by atoms with Crippen LogP contribution in [-0.4, -0.2) is 6.54 Å². The zero-order chi connectivity index (χ0) is 13.8. The average molecular weight is 302 g/mol. The first-order valence-corrected chi connectivity index (χ1v) is 6.80. The van der Waals surface area contributed by atoms with Gasteiger partial charge in [-0.05, 0) is 42.8 Å². The van der Waals surface area contributed by atoms with Crippen molar-refractivity contribution in [1.82, 2.24) is 5.32 Å². The van der Waals surface area contributed by atoms with Crippen LogP contribution >= 0.6 is 23.2 Å². The summed E-state index contributed by atoms with van der Waals surface area (Å²) >= 11 is 11.8. The van der Waals surface area contributed by atoms with Crippen LogP contribution < -0.4 is 5.32 Å². The molecule has 1 aromatic heterocycles. The van der Waals surface area contributed by atoms with Gasteiger partial charge in [-0.2, -0.15) is 0 Å². The lowest BCUT2D eigenvalue weighted by molar-refractivity contribution is 0.531. The summed E-state index contributed by atoms with van der Waals surface area (Å²) in [6, 6.07) is 6.02. The molecule has 1 N–H and O–H groups in total. The molecule has 0 aliphatic heterocycles. The van der Waals surface area contributed by atoms with Gasteiger partial charge in [-0.15, -0.1) is 0 Å². The smallest absolute Gasteiger partial charge is 0.198 e. The Morgan fingerprint density at radius 1 is 1.26 bits per heavy atom. The molecule has 0 spiro atoms. The maximum atomic E-state index is 14.1. The first kappa shape index (κ1) is 14.4. The molecule has 19 heavy (non-hydrogen) atoms. The van der Waals surface area contributed by atoms with Gasteiger partial charge in [-0.1, -0.05) is 24.6 Å². The molecule has 0 aliphatic rings. The van der Waals surface area contributed by atoms with Gasteiger partial charge < -0.3 is 9.73 Å². The fourth-order valence-electron chi connectivity index (χ4n) is 1.92. The second kappa shape index (κ2) is 6.42. The molecule has 1 heterocycles. The second-order valence-electron chi connectivity index (χ2n) is 4.20. The first-order chi connectivity index (χ1) is 9.13. The lowest BCUT2D eigenvalue weighted by Gasteiger charge is -2.19. The van der Waals surface area contributed by atoms with Crippen LogP contribution in [0.5, 0.6) is 0 Å². The van der Waals surface area contributed by atoms with Crippen molar-refractivity contribution in [3.63, 3.8) is 0 Å². The molecule has 0 fully saturated rings. The molecule has 0 saturated heterocycles. The number of halogens is 3. The van der Waals surface area contributed by atoms with Crippen LogP contribution in [0.3, 0.4) is 0 Å². The van der Waals surface area contributed by atoms with Gasteiger partial charge in [0.05, 0.1) is 12.3 Å². The van der Waals surface area contributed by atoms with Crippen LogP contribution in [0, 0.1) is 5.82 Å². The lowest BCUT2D eigenvalue weighted by Crippen LogP contribution is -2.24. The average Bonchev–Trinajstić information content (AvgIpc) is 2.78.